The highest BCUT2D eigenvalue weighted by Crippen LogP contribution is 2.30. The molecule has 5 rings (SSSR count). The molecule has 4 aliphatic rings. The number of imide groups is 2. The topological polar surface area (TPSA) is 98.8 Å². The zero-order valence-corrected chi connectivity index (χ0v) is 21.0. The van der Waals surface area contributed by atoms with Crippen LogP contribution in [0, 0.1) is 0 Å². The van der Waals surface area contributed by atoms with E-state index in [1.807, 2.05) is 0 Å². The summed E-state index contributed by atoms with van der Waals surface area (Å²) in [6, 6.07) is 6.22. The van der Waals surface area contributed by atoms with Crippen molar-refractivity contribution < 1.29 is 19.2 Å². The molecule has 1 aromatic rings. The molecule has 4 fully saturated rings. The summed E-state index contributed by atoms with van der Waals surface area (Å²) in [7, 11) is 0. The van der Waals surface area contributed by atoms with E-state index >= 15 is 0 Å². The standard InChI is InChI=1S/C28H38N4O4/c33-25-17-23(29-19-9-5-1-2-6-10-19)27(35)31(25)21-13-15-22(16-14-21)32-26(34)18-24(28(32)36)30-20-11-7-3-4-8-12-20/h13-16,19-20,23-24,29-30H,1-12,17-18H2/t23-,24-/m1/s1. The van der Waals surface area contributed by atoms with E-state index in [-0.39, 0.29) is 48.6 Å². The number of nitrogens with one attached hydrogen (secondary N) is 2. The van der Waals surface area contributed by atoms with Crippen LogP contribution in [0.25, 0.3) is 0 Å². The smallest absolute Gasteiger partial charge is 0.251 e. The van der Waals surface area contributed by atoms with Gasteiger partial charge < -0.3 is 10.6 Å². The SMILES string of the molecule is O=C1C[C@@H](NC2CCCCCC2)C(=O)N1c1ccc(N2C(=O)C[C@@H](NC3CCCCCC3)C2=O)cc1. The van der Waals surface area contributed by atoms with Gasteiger partial charge in [-0.3, -0.25) is 19.2 Å². The Labute approximate surface area is 213 Å². The quantitative estimate of drug-likeness (QED) is 0.463. The summed E-state index contributed by atoms with van der Waals surface area (Å²) in [5, 5.41) is 6.86. The van der Waals surface area contributed by atoms with Gasteiger partial charge in [-0.1, -0.05) is 51.4 Å². The van der Waals surface area contributed by atoms with Crippen molar-refractivity contribution in [2.75, 3.05) is 9.80 Å². The summed E-state index contributed by atoms with van der Waals surface area (Å²) in [6.45, 7) is 0. The maximum absolute atomic E-state index is 13.1. The van der Waals surface area contributed by atoms with Crippen LogP contribution in [0.4, 0.5) is 11.4 Å². The second-order valence-electron chi connectivity index (χ2n) is 10.9. The van der Waals surface area contributed by atoms with Gasteiger partial charge in [-0.25, -0.2) is 9.80 Å². The van der Waals surface area contributed by atoms with Gasteiger partial charge >= 0.3 is 0 Å². The maximum atomic E-state index is 13.1. The molecule has 2 saturated heterocycles. The zero-order valence-electron chi connectivity index (χ0n) is 21.0. The van der Waals surface area contributed by atoms with Crippen molar-refractivity contribution in [3.63, 3.8) is 0 Å². The number of hydrogen-bond acceptors (Lipinski definition) is 6. The molecule has 0 spiro atoms. The van der Waals surface area contributed by atoms with Crippen molar-refractivity contribution in [2.24, 2.45) is 0 Å². The second kappa shape index (κ2) is 11.2. The van der Waals surface area contributed by atoms with Gasteiger partial charge in [-0.2, -0.15) is 0 Å². The second-order valence-corrected chi connectivity index (χ2v) is 10.9. The molecule has 0 radical (unpaired) electrons. The van der Waals surface area contributed by atoms with Crippen LogP contribution >= 0.6 is 0 Å². The predicted octanol–water partition coefficient (Wildman–Crippen LogP) is 3.58. The number of carbonyl (C=O) groups is 4. The van der Waals surface area contributed by atoms with Crippen molar-refractivity contribution in [3.8, 4) is 0 Å². The summed E-state index contributed by atoms with van der Waals surface area (Å²) in [5.41, 5.74) is 0.956. The van der Waals surface area contributed by atoms with Gasteiger partial charge in [0.15, 0.2) is 0 Å². The Kier molecular flexibility index (Phi) is 7.82. The molecule has 4 amide bonds. The molecule has 2 N–H and O–H groups in total. The molecule has 36 heavy (non-hydrogen) atoms. The molecule has 8 heteroatoms. The van der Waals surface area contributed by atoms with Crippen LogP contribution in [0.5, 0.6) is 0 Å². The first-order valence-corrected chi connectivity index (χ1v) is 13.9. The zero-order chi connectivity index (χ0) is 25.1. The molecule has 1 aromatic carbocycles. The Hall–Kier alpha value is -2.58. The minimum atomic E-state index is -0.488. The van der Waals surface area contributed by atoms with E-state index in [4.69, 9.17) is 0 Å². The monoisotopic (exact) mass is 494 g/mol. The minimum Gasteiger partial charge on any atom is -0.303 e. The average molecular weight is 495 g/mol. The van der Waals surface area contributed by atoms with Crippen LogP contribution in [0.3, 0.4) is 0 Å². The van der Waals surface area contributed by atoms with Gasteiger partial charge in [-0.15, -0.1) is 0 Å². The van der Waals surface area contributed by atoms with Crippen molar-refractivity contribution in [3.05, 3.63) is 24.3 Å². The van der Waals surface area contributed by atoms with Gasteiger partial charge in [-0.05, 0) is 49.9 Å². The number of rotatable bonds is 6. The van der Waals surface area contributed by atoms with Crippen LogP contribution in [0.1, 0.15) is 89.9 Å². The van der Waals surface area contributed by atoms with Gasteiger partial charge in [0.25, 0.3) is 11.8 Å². The lowest BCUT2D eigenvalue weighted by atomic mass is 10.1. The van der Waals surface area contributed by atoms with E-state index in [2.05, 4.69) is 10.6 Å². The van der Waals surface area contributed by atoms with E-state index in [1.165, 1.54) is 35.5 Å². The number of hydrogen-bond donors (Lipinski definition) is 2. The molecule has 0 bridgehead atoms. The average Bonchev–Trinajstić information content (AvgIpc) is 3.12. The highest BCUT2D eigenvalue weighted by Gasteiger charge is 2.42. The third-order valence-electron chi connectivity index (χ3n) is 8.24. The van der Waals surface area contributed by atoms with Gasteiger partial charge in [0.2, 0.25) is 11.8 Å². The van der Waals surface area contributed by atoms with Gasteiger partial charge in [0.05, 0.1) is 36.3 Å². The third kappa shape index (κ3) is 5.39. The molecule has 8 nitrogen and oxygen atoms in total. The summed E-state index contributed by atoms with van der Waals surface area (Å²) in [5.74, 6) is -0.893. The van der Waals surface area contributed by atoms with Gasteiger partial charge in [0, 0.05) is 12.1 Å². The molecule has 2 aliphatic carbocycles. The molecular formula is C28H38N4O4. The lowest BCUT2D eigenvalue weighted by Crippen LogP contribution is -2.44. The van der Waals surface area contributed by atoms with Crippen molar-refractivity contribution in [1.29, 1.82) is 0 Å². The van der Waals surface area contributed by atoms with Crippen molar-refractivity contribution in [1.82, 2.24) is 10.6 Å². The summed E-state index contributed by atoms with van der Waals surface area (Å²) < 4.78 is 0. The fourth-order valence-electron chi connectivity index (χ4n) is 6.28. The summed E-state index contributed by atoms with van der Waals surface area (Å²) >= 11 is 0. The number of nitrogens with zero attached hydrogens (tertiary/aromatic N) is 2. The Balaban J connectivity index is 1.23. The molecule has 2 saturated carbocycles. The first-order chi connectivity index (χ1) is 17.5. The van der Waals surface area contributed by atoms with E-state index < -0.39 is 12.1 Å². The molecule has 194 valence electrons. The van der Waals surface area contributed by atoms with E-state index in [0.717, 1.165) is 51.4 Å². The van der Waals surface area contributed by atoms with E-state index in [0.29, 0.717) is 11.4 Å². The van der Waals surface area contributed by atoms with Crippen LogP contribution in [-0.4, -0.2) is 47.8 Å². The number of anilines is 2. The first-order valence-electron chi connectivity index (χ1n) is 13.9. The Morgan fingerprint density at radius 3 is 1.19 bits per heavy atom. The third-order valence-corrected chi connectivity index (χ3v) is 8.24. The number of carbonyl (C=O) groups excluding carboxylic acids is 4. The Morgan fingerprint density at radius 2 is 0.861 bits per heavy atom. The minimum absolute atomic E-state index is 0.161. The Morgan fingerprint density at radius 1 is 0.528 bits per heavy atom. The first kappa shape index (κ1) is 25.1. The maximum Gasteiger partial charge on any atom is 0.251 e. The highest BCUT2D eigenvalue weighted by atomic mass is 16.2. The van der Waals surface area contributed by atoms with E-state index in [9.17, 15) is 19.2 Å². The lowest BCUT2D eigenvalue weighted by molar-refractivity contribution is -0.123. The van der Waals surface area contributed by atoms with Crippen molar-refractivity contribution >= 4 is 35.0 Å². The molecule has 2 heterocycles. The van der Waals surface area contributed by atoms with Crippen LogP contribution < -0.4 is 20.4 Å². The molecule has 2 aliphatic heterocycles. The molecule has 0 aromatic heterocycles. The van der Waals surface area contributed by atoms with Crippen molar-refractivity contribution in [2.45, 2.75) is 114 Å². The van der Waals surface area contributed by atoms with Crippen LogP contribution in [-0.2, 0) is 19.2 Å². The molecular weight excluding hydrogens is 456 g/mol. The van der Waals surface area contributed by atoms with E-state index in [1.54, 1.807) is 24.3 Å². The molecule has 0 unspecified atom stereocenters. The predicted molar refractivity (Wildman–Crippen MR) is 137 cm³/mol. The number of amides is 4. The largest absolute Gasteiger partial charge is 0.303 e. The fourth-order valence-corrected chi connectivity index (χ4v) is 6.28. The normalized spacial score (nSPS) is 27.1. The molecule has 2 atom stereocenters. The van der Waals surface area contributed by atoms with Crippen LogP contribution in [0.2, 0.25) is 0 Å². The van der Waals surface area contributed by atoms with Crippen LogP contribution in [0.15, 0.2) is 24.3 Å². The lowest BCUT2D eigenvalue weighted by Gasteiger charge is -2.22. The van der Waals surface area contributed by atoms with Gasteiger partial charge in [0.1, 0.15) is 0 Å². The number of benzene rings is 1. The summed E-state index contributed by atoms with van der Waals surface area (Å²) in [4.78, 5) is 54.2. The fraction of sp³-hybridized carbons (Fsp3) is 0.643. The summed E-state index contributed by atoms with van der Waals surface area (Å²) in [6.07, 6.45) is 14.0. The highest BCUT2D eigenvalue weighted by molar-refractivity contribution is 6.24. The Bertz CT molecular complexity index is 899.